The van der Waals surface area contributed by atoms with Crippen molar-refractivity contribution in [2.24, 2.45) is 5.92 Å². The average molecular weight is 391 g/mol. The molecule has 0 unspecified atom stereocenters. The van der Waals surface area contributed by atoms with Crippen molar-refractivity contribution >= 4 is 35.3 Å². The lowest BCUT2D eigenvalue weighted by molar-refractivity contribution is -0.148. The molecule has 0 saturated carbocycles. The number of urea groups is 1. The van der Waals surface area contributed by atoms with Crippen molar-refractivity contribution < 1.29 is 14.4 Å². The molecular weight excluding hydrogens is 364 g/mol. The van der Waals surface area contributed by atoms with Crippen molar-refractivity contribution in [2.45, 2.75) is 49.7 Å². The maximum atomic E-state index is 12.7. The molecule has 2 aliphatic heterocycles. The summed E-state index contributed by atoms with van der Waals surface area (Å²) in [6.45, 7) is 4.33. The molecule has 7 nitrogen and oxygen atoms in total. The number of piperazine rings is 1. The normalized spacial score (nSPS) is 25.6. The second-order valence-electron chi connectivity index (χ2n) is 7.14. The molecule has 4 atom stereocenters. The van der Waals surface area contributed by atoms with Crippen LogP contribution in [-0.2, 0) is 9.59 Å². The number of carbonyl (C=O) groups excluding carboxylic acids is 3. The van der Waals surface area contributed by atoms with E-state index in [-0.39, 0.29) is 29.8 Å². The summed E-state index contributed by atoms with van der Waals surface area (Å²) >= 11 is 1.63. The van der Waals surface area contributed by atoms with Crippen molar-refractivity contribution in [1.29, 1.82) is 0 Å². The Kier molecular flexibility index (Phi) is 5.94. The zero-order valence-corrected chi connectivity index (χ0v) is 16.6. The highest BCUT2D eigenvalue weighted by atomic mass is 32.2. The largest absolute Gasteiger partial charge is 0.342 e. The number of nitrogens with one attached hydrogen (secondary N) is 3. The second kappa shape index (κ2) is 8.21. The third-order valence-electron chi connectivity index (χ3n) is 5.35. The van der Waals surface area contributed by atoms with Gasteiger partial charge in [0.2, 0.25) is 11.8 Å². The first-order valence-corrected chi connectivity index (χ1v) is 10.5. The van der Waals surface area contributed by atoms with Crippen LogP contribution < -0.4 is 16.0 Å². The van der Waals surface area contributed by atoms with E-state index in [4.69, 9.17) is 0 Å². The molecular formula is C19H26N4O3S. The van der Waals surface area contributed by atoms with Crippen LogP contribution in [0.15, 0.2) is 29.2 Å². The molecule has 0 aromatic heterocycles. The Morgan fingerprint density at radius 3 is 2.67 bits per heavy atom. The lowest BCUT2D eigenvalue weighted by atomic mass is 9.95. The van der Waals surface area contributed by atoms with Crippen molar-refractivity contribution in [1.82, 2.24) is 15.5 Å². The highest BCUT2D eigenvalue weighted by molar-refractivity contribution is 7.98. The molecule has 3 rings (SSSR count). The van der Waals surface area contributed by atoms with E-state index in [9.17, 15) is 14.4 Å². The van der Waals surface area contributed by atoms with Gasteiger partial charge in [0, 0.05) is 17.1 Å². The minimum Gasteiger partial charge on any atom is -0.342 e. The van der Waals surface area contributed by atoms with E-state index >= 15 is 0 Å². The van der Waals surface area contributed by atoms with Crippen LogP contribution in [0.25, 0.3) is 0 Å². The Hall–Kier alpha value is -2.22. The van der Waals surface area contributed by atoms with E-state index in [1.807, 2.05) is 44.4 Å². The number of hydrogen-bond donors (Lipinski definition) is 3. The van der Waals surface area contributed by atoms with Gasteiger partial charge in [0.25, 0.3) is 0 Å². The molecule has 2 heterocycles. The molecule has 2 fully saturated rings. The summed E-state index contributed by atoms with van der Waals surface area (Å²) in [5.41, 5.74) is 0.701. The van der Waals surface area contributed by atoms with Crippen LogP contribution in [0.3, 0.4) is 0 Å². The van der Waals surface area contributed by atoms with Gasteiger partial charge in [0.05, 0.1) is 6.04 Å². The third-order valence-corrected chi connectivity index (χ3v) is 6.09. The summed E-state index contributed by atoms with van der Waals surface area (Å²) < 4.78 is 0. The number of rotatable bonds is 5. The van der Waals surface area contributed by atoms with Crippen LogP contribution in [0.1, 0.15) is 26.7 Å². The van der Waals surface area contributed by atoms with Gasteiger partial charge in [0.1, 0.15) is 12.1 Å². The van der Waals surface area contributed by atoms with Gasteiger partial charge in [0.15, 0.2) is 0 Å². The van der Waals surface area contributed by atoms with Gasteiger partial charge in [-0.1, -0.05) is 20.3 Å². The molecule has 1 aromatic carbocycles. The molecule has 1 aromatic rings. The standard InChI is InChI=1S/C19H26N4O3S/c1-4-11(2)16-18(25)23-10-13(9-15(23)17(24)22-16)21-19(26)20-12-5-7-14(27-3)8-6-12/h5-8,11,13,15-16H,4,9-10H2,1-3H3,(H,22,24)(H2,20,21,26)/t11-,13-,15-,16-/m0/s1. The quantitative estimate of drug-likeness (QED) is 0.671. The molecule has 27 heavy (non-hydrogen) atoms. The van der Waals surface area contributed by atoms with Crippen molar-refractivity contribution in [3.05, 3.63) is 24.3 Å². The fourth-order valence-electron chi connectivity index (χ4n) is 3.57. The van der Waals surface area contributed by atoms with Crippen molar-refractivity contribution in [3.8, 4) is 0 Å². The van der Waals surface area contributed by atoms with Gasteiger partial charge in [-0.15, -0.1) is 11.8 Å². The predicted octanol–water partition coefficient (Wildman–Crippen LogP) is 2.04. The van der Waals surface area contributed by atoms with Gasteiger partial charge < -0.3 is 20.9 Å². The monoisotopic (exact) mass is 390 g/mol. The number of amides is 4. The summed E-state index contributed by atoms with van der Waals surface area (Å²) in [6.07, 6.45) is 3.24. The highest BCUT2D eigenvalue weighted by Crippen LogP contribution is 2.26. The van der Waals surface area contributed by atoms with E-state index in [1.165, 1.54) is 0 Å². The number of benzene rings is 1. The van der Waals surface area contributed by atoms with Gasteiger partial charge in [-0.3, -0.25) is 9.59 Å². The van der Waals surface area contributed by atoms with Crippen LogP contribution in [0, 0.1) is 5.92 Å². The highest BCUT2D eigenvalue weighted by Gasteiger charge is 2.47. The smallest absolute Gasteiger partial charge is 0.319 e. The van der Waals surface area contributed by atoms with E-state index < -0.39 is 12.1 Å². The number of hydrogen-bond acceptors (Lipinski definition) is 4. The first kappa shape index (κ1) is 19.5. The van der Waals surface area contributed by atoms with Crippen molar-refractivity contribution in [2.75, 3.05) is 18.1 Å². The molecule has 146 valence electrons. The summed E-state index contributed by atoms with van der Waals surface area (Å²) in [5.74, 6) is -0.0921. The summed E-state index contributed by atoms with van der Waals surface area (Å²) in [5, 5.41) is 8.53. The lowest BCUT2D eigenvalue weighted by Gasteiger charge is -2.36. The molecule has 8 heteroatoms. The summed E-state index contributed by atoms with van der Waals surface area (Å²) in [6, 6.07) is 6.02. The van der Waals surface area contributed by atoms with E-state index in [0.717, 1.165) is 11.3 Å². The first-order valence-electron chi connectivity index (χ1n) is 9.25. The molecule has 0 aliphatic carbocycles. The minimum atomic E-state index is -0.496. The van der Waals surface area contributed by atoms with Crippen LogP contribution >= 0.6 is 11.8 Å². The fraction of sp³-hybridized carbons (Fsp3) is 0.526. The number of thioether (sulfide) groups is 1. The first-order chi connectivity index (χ1) is 12.9. The Bertz CT molecular complexity index is 724. The summed E-state index contributed by atoms with van der Waals surface area (Å²) in [4.78, 5) is 40.1. The van der Waals surface area contributed by atoms with Crippen LogP contribution in [0.5, 0.6) is 0 Å². The van der Waals surface area contributed by atoms with Gasteiger partial charge in [-0.25, -0.2) is 4.79 Å². The summed E-state index contributed by atoms with van der Waals surface area (Å²) in [7, 11) is 0. The van der Waals surface area contributed by atoms with Crippen LogP contribution in [-0.4, -0.2) is 53.7 Å². The van der Waals surface area contributed by atoms with Gasteiger partial charge in [-0.05, 0) is 42.9 Å². The Morgan fingerprint density at radius 2 is 2.04 bits per heavy atom. The molecule has 0 spiro atoms. The molecule has 3 N–H and O–H groups in total. The topological polar surface area (TPSA) is 90.5 Å². The third kappa shape index (κ3) is 4.21. The fourth-order valence-corrected chi connectivity index (χ4v) is 3.98. The maximum absolute atomic E-state index is 12.7. The van der Waals surface area contributed by atoms with E-state index in [1.54, 1.807) is 16.7 Å². The predicted molar refractivity (Wildman–Crippen MR) is 106 cm³/mol. The second-order valence-corrected chi connectivity index (χ2v) is 8.02. The zero-order valence-electron chi connectivity index (χ0n) is 15.8. The molecule has 2 saturated heterocycles. The van der Waals surface area contributed by atoms with E-state index in [2.05, 4.69) is 16.0 Å². The van der Waals surface area contributed by atoms with E-state index in [0.29, 0.717) is 18.7 Å². The zero-order chi connectivity index (χ0) is 19.6. The number of nitrogens with zero attached hydrogens (tertiary/aromatic N) is 1. The van der Waals surface area contributed by atoms with Crippen molar-refractivity contribution in [3.63, 3.8) is 0 Å². The number of carbonyl (C=O) groups is 3. The Balaban J connectivity index is 1.59. The average Bonchev–Trinajstić information content (AvgIpc) is 3.09. The maximum Gasteiger partial charge on any atom is 0.319 e. The van der Waals surface area contributed by atoms with Gasteiger partial charge in [-0.2, -0.15) is 0 Å². The van der Waals surface area contributed by atoms with Crippen LogP contribution in [0.4, 0.5) is 10.5 Å². The minimum absolute atomic E-state index is 0.0497. The Labute approximate surface area is 163 Å². The van der Waals surface area contributed by atoms with Gasteiger partial charge >= 0.3 is 6.03 Å². The number of fused-ring (bicyclic) bond motifs is 1. The molecule has 2 aliphatic rings. The SMILES string of the molecule is CC[C@H](C)[C@@H]1NC(=O)[C@@H]2C[C@H](NC(=O)Nc3ccc(SC)cc3)CN2C1=O. The Morgan fingerprint density at radius 1 is 1.33 bits per heavy atom. The molecule has 4 amide bonds. The van der Waals surface area contributed by atoms with Crippen LogP contribution in [0.2, 0.25) is 0 Å². The molecule has 0 bridgehead atoms. The molecule has 0 radical (unpaired) electrons. The number of anilines is 1. The lowest BCUT2D eigenvalue weighted by Crippen LogP contribution is -2.62.